The van der Waals surface area contributed by atoms with Gasteiger partial charge >= 0.3 is 0 Å². The zero-order chi connectivity index (χ0) is 13.5. The van der Waals surface area contributed by atoms with Gasteiger partial charge in [-0.25, -0.2) is 0 Å². The molecule has 1 aromatic carbocycles. The molecule has 0 bridgehead atoms. The number of methoxy groups -OCH3 is 1. The molecule has 0 unspecified atom stereocenters. The molecule has 0 saturated heterocycles. The summed E-state index contributed by atoms with van der Waals surface area (Å²) < 4.78 is 6.22. The summed E-state index contributed by atoms with van der Waals surface area (Å²) in [7, 11) is 1.77. The van der Waals surface area contributed by atoms with Crippen molar-refractivity contribution in [2.24, 2.45) is 0 Å². The third kappa shape index (κ3) is 4.90. The molecule has 1 saturated carbocycles. The second kappa shape index (κ2) is 8.03. The molecule has 1 aromatic rings. The van der Waals surface area contributed by atoms with Gasteiger partial charge in [-0.3, -0.25) is 0 Å². The average molecular weight is 326 g/mol. The number of benzene rings is 1. The Hall–Kier alpha value is -0.380. The first-order valence-corrected chi connectivity index (χ1v) is 8.06. The first-order valence-electron chi connectivity index (χ1n) is 7.27. The van der Waals surface area contributed by atoms with Gasteiger partial charge in [0.15, 0.2) is 0 Å². The van der Waals surface area contributed by atoms with Crippen LogP contribution in [0, 0.1) is 0 Å². The van der Waals surface area contributed by atoms with E-state index in [1.807, 2.05) is 0 Å². The van der Waals surface area contributed by atoms with Crippen molar-refractivity contribution in [2.75, 3.05) is 20.3 Å². The minimum atomic E-state index is 0.732. The van der Waals surface area contributed by atoms with Crippen molar-refractivity contribution in [3.63, 3.8) is 0 Å². The highest BCUT2D eigenvalue weighted by atomic mass is 79.9. The summed E-state index contributed by atoms with van der Waals surface area (Å²) >= 11 is 3.49. The number of hydrogen-bond donors (Lipinski definition) is 1. The molecule has 2 rings (SSSR count). The summed E-state index contributed by atoms with van der Waals surface area (Å²) in [5.74, 6) is 0.763. The molecule has 1 fully saturated rings. The third-order valence-electron chi connectivity index (χ3n) is 3.94. The van der Waals surface area contributed by atoms with E-state index in [-0.39, 0.29) is 0 Å². The molecule has 2 nitrogen and oxygen atoms in total. The first-order chi connectivity index (χ1) is 9.29. The van der Waals surface area contributed by atoms with E-state index in [0.29, 0.717) is 0 Å². The van der Waals surface area contributed by atoms with Gasteiger partial charge in [0, 0.05) is 24.2 Å². The van der Waals surface area contributed by atoms with Gasteiger partial charge in [-0.05, 0) is 62.3 Å². The fourth-order valence-corrected chi connectivity index (χ4v) is 2.91. The Labute approximate surface area is 125 Å². The number of hydrogen-bond acceptors (Lipinski definition) is 2. The van der Waals surface area contributed by atoms with Crippen LogP contribution in [0.2, 0.25) is 0 Å². The molecule has 0 aliphatic heterocycles. The molecule has 3 heteroatoms. The Bertz CT molecular complexity index is 360. The van der Waals surface area contributed by atoms with Crippen molar-refractivity contribution >= 4 is 15.9 Å². The SMILES string of the molecule is COCCCCCNC1CC(c2ccc(Br)cc2)C1. The van der Waals surface area contributed by atoms with Crippen LogP contribution in [-0.2, 0) is 4.74 Å². The van der Waals surface area contributed by atoms with Gasteiger partial charge in [0.1, 0.15) is 0 Å². The zero-order valence-electron chi connectivity index (χ0n) is 11.7. The second-order valence-corrected chi connectivity index (χ2v) is 6.34. The molecule has 1 aliphatic rings. The molecule has 1 N–H and O–H groups in total. The molecule has 0 atom stereocenters. The maximum absolute atomic E-state index is 5.05. The van der Waals surface area contributed by atoms with E-state index in [4.69, 9.17) is 4.74 Å². The summed E-state index contributed by atoms with van der Waals surface area (Å²) in [5, 5.41) is 3.66. The smallest absolute Gasteiger partial charge is 0.0462 e. The van der Waals surface area contributed by atoms with Crippen LogP contribution >= 0.6 is 15.9 Å². The topological polar surface area (TPSA) is 21.3 Å². The predicted octanol–water partition coefficient (Wildman–Crippen LogP) is 4.10. The fraction of sp³-hybridized carbons (Fsp3) is 0.625. The van der Waals surface area contributed by atoms with E-state index >= 15 is 0 Å². The Morgan fingerprint density at radius 1 is 1.16 bits per heavy atom. The van der Waals surface area contributed by atoms with Crippen LogP contribution in [0.25, 0.3) is 0 Å². The van der Waals surface area contributed by atoms with E-state index in [2.05, 4.69) is 45.5 Å². The van der Waals surface area contributed by atoms with Crippen molar-refractivity contribution in [3.8, 4) is 0 Å². The van der Waals surface area contributed by atoms with Gasteiger partial charge in [0.25, 0.3) is 0 Å². The van der Waals surface area contributed by atoms with Gasteiger partial charge < -0.3 is 10.1 Å². The quantitative estimate of drug-likeness (QED) is 0.726. The monoisotopic (exact) mass is 325 g/mol. The average Bonchev–Trinajstić information content (AvgIpc) is 2.37. The highest BCUT2D eigenvalue weighted by Gasteiger charge is 2.29. The first kappa shape index (κ1) is 15.0. The van der Waals surface area contributed by atoms with E-state index < -0.39 is 0 Å². The van der Waals surface area contributed by atoms with Crippen molar-refractivity contribution in [1.29, 1.82) is 0 Å². The minimum Gasteiger partial charge on any atom is -0.385 e. The Morgan fingerprint density at radius 3 is 2.58 bits per heavy atom. The van der Waals surface area contributed by atoms with E-state index in [9.17, 15) is 0 Å². The number of ether oxygens (including phenoxy) is 1. The number of nitrogens with one attached hydrogen (secondary N) is 1. The maximum atomic E-state index is 5.05. The Balaban J connectivity index is 1.55. The second-order valence-electron chi connectivity index (χ2n) is 5.42. The van der Waals surface area contributed by atoms with Crippen molar-refractivity contribution in [2.45, 2.75) is 44.1 Å². The summed E-state index contributed by atoms with van der Waals surface area (Å²) in [4.78, 5) is 0. The molecular formula is C16H24BrNO. The lowest BCUT2D eigenvalue weighted by atomic mass is 9.76. The Morgan fingerprint density at radius 2 is 1.89 bits per heavy atom. The van der Waals surface area contributed by atoms with E-state index in [0.717, 1.165) is 25.1 Å². The lowest BCUT2D eigenvalue weighted by molar-refractivity contribution is 0.191. The van der Waals surface area contributed by atoms with Crippen LogP contribution in [-0.4, -0.2) is 26.3 Å². The lowest BCUT2D eigenvalue weighted by Crippen LogP contribution is -2.40. The minimum absolute atomic E-state index is 0.732. The Kier molecular flexibility index (Phi) is 6.35. The van der Waals surface area contributed by atoms with Gasteiger partial charge in [-0.15, -0.1) is 0 Å². The highest BCUT2D eigenvalue weighted by Crippen LogP contribution is 2.37. The molecule has 0 radical (unpaired) electrons. The van der Waals surface area contributed by atoms with Crippen LogP contribution in [0.4, 0.5) is 0 Å². The molecule has 0 spiro atoms. The van der Waals surface area contributed by atoms with Crippen molar-refractivity contribution in [3.05, 3.63) is 34.3 Å². The van der Waals surface area contributed by atoms with Gasteiger partial charge in [0.05, 0.1) is 0 Å². The molecule has 0 amide bonds. The van der Waals surface area contributed by atoms with Gasteiger partial charge in [-0.1, -0.05) is 28.1 Å². The lowest BCUT2D eigenvalue weighted by Gasteiger charge is -2.36. The maximum Gasteiger partial charge on any atom is 0.0462 e. The molecule has 19 heavy (non-hydrogen) atoms. The fourth-order valence-electron chi connectivity index (χ4n) is 2.65. The number of unbranched alkanes of at least 4 members (excludes halogenated alkanes) is 2. The van der Waals surface area contributed by atoms with E-state index in [1.165, 1.54) is 42.1 Å². The number of rotatable bonds is 8. The third-order valence-corrected chi connectivity index (χ3v) is 4.47. The summed E-state index contributed by atoms with van der Waals surface area (Å²) in [5.41, 5.74) is 1.49. The highest BCUT2D eigenvalue weighted by molar-refractivity contribution is 9.10. The van der Waals surface area contributed by atoms with Crippen molar-refractivity contribution in [1.82, 2.24) is 5.32 Å². The van der Waals surface area contributed by atoms with Crippen LogP contribution < -0.4 is 5.32 Å². The molecule has 0 heterocycles. The standard InChI is InChI=1S/C16H24BrNO/c1-19-10-4-2-3-9-18-16-11-14(12-16)13-5-7-15(17)8-6-13/h5-8,14,16,18H,2-4,9-12H2,1H3. The zero-order valence-corrected chi connectivity index (χ0v) is 13.3. The van der Waals surface area contributed by atoms with Crippen LogP contribution in [0.5, 0.6) is 0 Å². The summed E-state index contributed by atoms with van der Waals surface area (Å²) in [6.07, 6.45) is 6.30. The van der Waals surface area contributed by atoms with Crippen LogP contribution in [0.3, 0.4) is 0 Å². The largest absolute Gasteiger partial charge is 0.385 e. The summed E-state index contributed by atoms with van der Waals surface area (Å²) in [6, 6.07) is 9.51. The van der Waals surface area contributed by atoms with Gasteiger partial charge in [0.2, 0.25) is 0 Å². The summed E-state index contributed by atoms with van der Waals surface area (Å²) in [6.45, 7) is 2.05. The molecular weight excluding hydrogens is 302 g/mol. The van der Waals surface area contributed by atoms with Gasteiger partial charge in [-0.2, -0.15) is 0 Å². The van der Waals surface area contributed by atoms with E-state index in [1.54, 1.807) is 7.11 Å². The number of halogens is 1. The molecule has 1 aliphatic carbocycles. The van der Waals surface area contributed by atoms with Crippen molar-refractivity contribution < 1.29 is 4.74 Å². The normalized spacial score (nSPS) is 22.2. The molecule has 0 aromatic heterocycles. The molecule has 106 valence electrons. The van der Waals surface area contributed by atoms with Crippen LogP contribution in [0.15, 0.2) is 28.7 Å². The predicted molar refractivity (Wildman–Crippen MR) is 83.6 cm³/mol. The van der Waals surface area contributed by atoms with Crippen LogP contribution in [0.1, 0.15) is 43.6 Å².